The van der Waals surface area contributed by atoms with E-state index in [0.717, 1.165) is 22.5 Å². The molecule has 4 aromatic rings. The van der Waals surface area contributed by atoms with Crippen molar-refractivity contribution in [3.63, 3.8) is 0 Å². The predicted octanol–water partition coefficient (Wildman–Crippen LogP) is 5.13. The number of hydrazone groups is 1. The lowest BCUT2D eigenvalue weighted by Gasteiger charge is -2.11. The summed E-state index contributed by atoms with van der Waals surface area (Å²) in [5.74, 6) is 0.680. The zero-order chi connectivity index (χ0) is 23.8. The van der Waals surface area contributed by atoms with Crippen molar-refractivity contribution in [3.8, 4) is 0 Å². The molecule has 0 aliphatic rings. The number of carbonyl (C=O) groups is 1. The van der Waals surface area contributed by atoms with Gasteiger partial charge in [-0.3, -0.25) is 4.79 Å². The monoisotopic (exact) mass is 490 g/mol. The largest absolute Gasteiger partial charge is 0.377 e. The standard InChI is InChI=1S/C25H23ClN6OS/c1-2-14-32-23(16-27-22-9-5-7-19-6-3-4-8-21(19)22)29-31-25(32)34-17-24(33)30-28-15-18-10-12-20(26)13-11-18/h2-13,15,27H,1,14,16-17H2,(H,30,33)/b28-15-. The number of hydrogen-bond acceptors (Lipinski definition) is 6. The van der Waals surface area contributed by atoms with E-state index in [0.29, 0.717) is 23.3 Å². The van der Waals surface area contributed by atoms with Gasteiger partial charge in [0.2, 0.25) is 0 Å². The molecule has 0 atom stereocenters. The Hall–Kier alpha value is -3.62. The molecule has 0 fully saturated rings. The van der Waals surface area contributed by atoms with E-state index in [1.165, 1.54) is 17.1 Å². The van der Waals surface area contributed by atoms with Gasteiger partial charge in [0.25, 0.3) is 5.91 Å². The van der Waals surface area contributed by atoms with Crippen molar-refractivity contribution in [1.29, 1.82) is 0 Å². The molecule has 3 aromatic carbocycles. The van der Waals surface area contributed by atoms with E-state index in [9.17, 15) is 4.79 Å². The Bertz CT molecular complexity index is 1310. The van der Waals surface area contributed by atoms with Crippen molar-refractivity contribution in [2.45, 2.75) is 18.2 Å². The van der Waals surface area contributed by atoms with Gasteiger partial charge in [0.1, 0.15) is 0 Å². The highest BCUT2D eigenvalue weighted by atomic mass is 35.5. The van der Waals surface area contributed by atoms with Crippen molar-refractivity contribution in [2.24, 2.45) is 5.10 Å². The number of benzene rings is 3. The molecule has 0 unspecified atom stereocenters. The summed E-state index contributed by atoms with van der Waals surface area (Å²) in [5, 5.41) is 19.6. The van der Waals surface area contributed by atoms with Crippen molar-refractivity contribution >= 4 is 51.9 Å². The van der Waals surface area contributed by atoms with E-state index in [4.69, 9.17) is 11.6 Å². The molecule has 172 valence electrons. The summed E-state index contributed by atoms with van der Waals surface area (Å²) in [6, 6.07) is 21.5. The lowest BCUT2D eigenvalue weighted by atomic mass is 10.1. The molecule has 2 N–H and O–H groups in total. The van der Waals surface area contributed by atoms with E-state index >= 15 is 0 Å². The van der Waals surface area contributed by atoms with E-state index in [1.54, 1.807) is 24.4 Å². The molecule has 0 saturated carbocycles. The van der Waals surface area contributed by atoms with Crippen LogP contribution in [-0.4, -0.2) is 32.6 Å². The molecule has 9 heteroatoms. The van der Waals surface area contributed by atoms with Crippen molar-refractivity contribution in [1.82, 2.24) is 20.2 Å². The lowest BCUT2D eigenvalue weighted by Crippen LogP contribution is -2.20. The smallest absolute Gasteiger partial charge is 0.250 e. The van der Waals surface area contributed by atoms with Crippen LogP contribution in [0.1, 0.15) is 11.4 Å². The van der Waals surface area contributed by atoms with E-state index in [1.807, 2.05) is 41.0 Å². The van der Waals surface area contributed by atoms with Crippen molar-refractivity contribution < 1.29 is 4.79 Å². The molecule has 0 spiro atoms. The number of amides is 1. The highest BCUT2D eigenvalue weighted by Crippen LogP contribution is 2.24. The number of thioether (sulfide) groups is 1. The van der Waals surface area contributed by atoms with Gasteiger partial charge < -0.3 is 9.88 Å². The van der Waals surface area contributed by atoms with Crippen molar-refractivity contribution in [3.05, 3.63) is 95.8 Å². The summed E-state index contributed by atoms with van der Waals surface area (Å²) in [5.41, 5.74) is 4.39. The molecule has 0 saturated heterocycles. The first-order valence-electron chi connectivity index (χ1n) is 10.6. The maximum absolute atomic E-state index is 12.2. The van der Waals surface area contributed by atoms with Gasteiger partial charge in [-0.15, -0.1) is 16.8 Å². The second-order valence-corrected chi connectivity index (χ2v) is 8.69. The van der Waals surface area contributed by atoms with Gasteiger partial charge in [-0.25, -0.2) is 5.43 Å². The third-order valence-electron chi connectivity index (χ3n) is 4.94. The van der Waals surface area contributed by atoms with E-state index in [-0.39, 0.29) is 11.7 Å². The van der Waals surface area contributed by atoms with Gasteiger partial charge in [-0.05, 0) is 29.1 Å². The number of nitrogens with one attached hydrogen (secondary N) is 2. The Kier molecular flexibility index (Phi) is 7.95. The first-order valence-corrected chi connectivity index (χ1v) is 12.0. The molecule has 1 heterocycles. The third kappa shape index (κ3) is 6.03. The summed E-state index contributed by atoms with van der Waals surface area (Å²) >= 11 is 7.17. The first kappa shape index (κ1) is 23.5. The molecule has 34 heavy (non-hydrogen) atoms. The molecular weight excluding hydrogens is 468 g/mol. The molecule has 0 radical (unpaired) electrons. The summed E-state index contributed by atoms with van der Waals surface area (Å²) in [7, 11) is 0. The number of nitrogens with zero attached hydrogens (tertiary/aromatic N) is 4. The average Bonchev–Trinajstić information content (AvgIpc) is 3.24. The highest BCUT2D eigenvalue weighted by molar-refractivity contribution is 7.99. The summed E-state index contributed by atoms with van der Waals surface area (Å²) in [6.45, 7) is 4.87. The molecule has 0 aliphatic heterocycles. The predicted molar refractivity (Wildman–Crippen MR) is 139 cm³/mol. The molecule has 4 rings (SSSR count). The first-order chi connectivity index (χ1) is 16.6. The fourth-order valence-corrected chi connectivity index (χ4v) is 4.20. The number of halogens is 1. The summed E-state index contributed by atoms with van der Waals surface area (Å²) in [4.78, 5) is 12.2. The van der Waals surface area contributed by atoms with Crippen LogP contribution in [0.25, 0.3) is 10.8 Å². The quantitative estimate of drug-likeness (QED) is 0.139. The van der Waals surface area contributed by atoms with Crippen LogP contribution in [0, 0.1) is 0 Å². The normalized spacial score (nSPS) is 11.1. The summed E-state index contributed by atoms with van der Waals surface area (Å²) < 4.78 is 1.94. The second kappa shape index (κ2) is 11.5. The number of fused-ring (bicyclic) bond motifs is 1. The number of allylic oxidation sites excluding steroid dienone is 1. The van der Waals surface area contributed by atoms with Crippen LogP contribution in [0.2, 0.25) is 5.02 Å². The highest BCUT2D eigenvalue weighted by Gasteiger charge is 2.13. The minimum Gasteiger partial charge on any atom is -0.377 e. The molecule has 0 aliphatic carbocycles. The SMILES string of the molecule is C=CCn1c(CNc2cccc3ccccc23)nnc1SCC(=O)N/N=C\c1ccc(Cl)cc1. The van der Waals surface area contributed by atoms with E-state index in [2.05, 4.69) is 50.8 Å². The minimum absolute atomic E-state index is 0.157. The van der Waals surface area contributed by atoms with Crippen LogP contribution < -0.4 is 10.7 Å². The second-order valence-electron chi connectivity index (χ2n) is 7.31. The zero-order valence-corrected chi connectivity index (χ0v) is 19.9. The van der Waals surface area contributed by atoms with Crippen LogP contribution >= 0.6 is 23.4 Å². The number of carbonyl (C=O) groups excluding carboxylic acids is 1. The fraction of sp³-hybridized carbons (Fsp3) is 0.120. The fourth-order valence-electron chi connectivity index (χ4n) is 3.31. The number of anilines is 1. The Morgan fingerprint density at radius 2 is 1.88 bits per heavy atom. The third-order valence-corrected chi connectivity index (χ3v) is 6.16. The van der Waals surface area contributed by atoms with Crippen LogP contribution in [-0.2, 0) is 17.9 Å². The van der Waals surface area contributed by atoms with Gasteiger partial charge in [0, 0.05) is 22.6 Å². The molecular formula is C25H23ClN6OS. The van der Waals surface area contributed by atoms with Gasteiger partial charge in [-0.1, -0.05) is 78.0 Å². The van der Waals surface area contributed by atoms with Crippen LogP contribution in [0.4, 0.5) is 5.69 Å². The minimum atomic E-state index is -0.237. The molecule has 7 nitrogen and oxygen atoms in total. The molecule has 1 aromatic heterocycles. The van der Waals surface area contributed by atoms with Crippen LogP contribution in [0.15, 0.2) is 89.6 Å². The molecule has 1 amide bonds. The average molecular weight is 491 g/mol. The van der Waals surface area contributed by atoms with E-state index < -0.39 is 0 Å². The number of rotatable bonds is 10. The Morgan fingerprint density at radius 1 is 1.09 bits per heavy atom. The summed E-state index contributed by atoms with van der Waals surface area (Å²) in [6.07, 6.45) is 3.35. The maximum atomic E-state index is 12.2. The van der Waals surface area contributed by atoms with Crippen molar-refractivity contribution in [2.75, 3.05) is 11.1 Å². The Labute approximate surface area is 206 Å². The number of hydrogen-bond donors (Lipinski definition) is 2. The Morgan fingerprint density at radius 3 is 2.71 bits per heavy atom. The maximum Gasteiger partial charge on any atom is 0.250 e. The Balaban J connectivity index is 1.36. The topological polar surface area (TPSA) is 84.2 Å². The van der Waals surface area contributed by atoms with Gasteiger partial charge >= 0.3 is 0 Å². The zero-order valence-electron chi connectivity index (χ0n) is 18.3. The van der Waals surface area contributed by atoms with Gasteiger partial charge in [0.05, 0.1) is 18.5 Å². The number of aromatic nitrogens is 3. The van der Waals surface area contributed by atoms with Gasteiger partial charge in [0.15, 0.2) is 11.0 Å². The lowest BCUT2D eigenvalue weighted by molar-refractivity contribution is -0.118. The van der Waals surface area contributed by atoms with Crippen LogP contribution in [0.5, 0.6) is 0 Å². The molecule has 0 bridgehead atoms. The van der Waals surface area contributed by atoms with Gasteiger partial charge in [-0.2, -0.15) is 5.10 Å². The van der Waals surface area contributed by atoms with Crippen LogP contribution in [0.3, 0.4) is 0 Å².